The summed E-state index contributed by atoms with van der Waals surface area (Å²) in [5.41, 5.74) is 6.06. The fourth-order valence-corrected chi connectivity index (χ4v) is 3.21. The van der Waals surface area contributed by atoms with Gasteiger partial charge >= 0.3 is 6.18 Å². The van der Waals surface area contributed by atoms with E-state index in [2.05, 4.69) is 10.3 Å². The number of alkyl halides is 3. The maximum atomic E-state index is 12.6. The van der Waals surface area contributed by atoms with E-state index in [1.165, 1.54) is 23.5 Å². The van der Waals surface area contributed by atoms with E-state index >= 15 is 0 Å². The summed E-state index contributed by atoms with van der Waals surface area (Å²) in [6.07, 6.45) is -0.0414. The van der Waals surface area contributed by atoms with E-state index in [4.69, 9.17) is 5.73 Å². The fourth-order valence-electron chi connectivity index (χ4n) is 2.38. The van der Waals surface area contributed by atoms with E-state index in [1.54, 1.807) is 5.38 Å². The summed E-state index contributed by atoms with van der Waals surface area (Å²) >= 11 is 1.34. The van der Waals surface area contributed by atoms with Gasteiger partial charge in [-0.2, -0.15) is 13.2 Å². The fraction of sp³-hybridized carbons (Fsp3) is 0.444. The van der Waals surface area contributed by atoms with E-state index in [0.29, 0.717) is 35.8 Å². The summed E-state index contributed by atoms with van der Waals surface area (Å²) < 4.78 is 37.8. The number of aromatic nitrogens is 1. The SMILES string of the molecule is NCCCCCCC(=O)NCc1csc(-c2ccc(C(F)(F)F)cc2)n1. The van der Waals surface area contributed by atoms with E-state index in [1.807, 2.05) is 0 Å². The highest BCUT2D eigenvalue weighted by atomic mass is 32.1. The van der Waals surface area contributed by atoms with Gasteiger partial charge in [0.15, 0.2) is 0 Å². The number of thiazole rings is 1. The van der Waals surface area contributed by atoms with Crippen molar-refractivity contribution >= 4 is 17.2 Å². The molecule has 1 heterocycles. The number of nitrogens with two attached hydrogens (primary N) is 1. The third-order valence-corrected chi connectivity index (χ3v) is 4.78. The largest absolute Gasteiger partial charge is 0.416 e. The molecule has 142 valence electrons. The Morgan fingerprint density at radius 2 is 1.81 bits per heavy atom. The Balaban J connectivity index is 1.81. The third kappa shape index (κ3) is 6.42. The smallest absolute Gasteiger partial charge is 0.350 e. The average Bonchev–Trinajstić information content (AvgIpc) is 3.08. The predicted molar refractivity (Wildman–Crippen MR) is 96.5 cm³/mol. The second kappa shape index (κ2) is 9.68. The maximum Gasteiger partial charge on any atom is 0.416 e. The molecule has 0 aliphatic rings. The van der Waals surface area contributed by atoms with Crippen molar-refractivity contribution in [1.29, 1.82) is 0 Å². The van der Waals surface area contributed by atoms with Crippen LogP contribution in [0.2, 0.25) is 0 Å². The monoisotopic (exact) mass is 385 g/mol. The van der Waals surface area contributed by atoms with Gasteiger partial charge < -0.3 is 11.1 Å². The van der Waals surface area contributed by atoms with Crippen LogP contribution in [0.5, 0.6) is 0 Å². The van der Waals surface area contributed by atoms with Gasteiger partial charge in [0.05, 0.1) is 17.8 Å². The number of carbonyl (C=O) groups excluding carboxylic acids is 1. The molecule has 26 heavy (non-hydrogen) atoms. The van der Waals surface area contributed by atoms with Gasteiger partial charge in [-0.3, -0.25) is 4.79 Å². The van der Waals surface area contributed by atoms with Crippen LogP contribution in [-0.2, 0) is 17.5 Å². The molecule has 0 spiro atoms. The van der Waals surface area contributed by atoms with Crippen LogP contribution in [0.1, 0.15) is 43.4 Å². The molecule has 2 aromatic rings. The van der Waals surface area contributed by atoms with Gasteiger partial charge in [-0.15, -0.1) is 11.3 Å². The van der Waals surface area contributed by atoms with Crippen molar-refractivity contribution in [2.24, 2.45) is 5.73 Å². The highest BCUT2D eigenvalue weighted by molar-refractivity contribution is 7.13. The summed E-state index contributed by atoms with van der Waals surface area (Å²) in [4.78, 5) is 16.2. The van der Waals surface area contributed by atoms with Crippen LogP contribution in [-0.4, -0.2) is 17.4 Å². The minimum atomic E-state index is -4.35. The summed E-state index contributed by atoms with van der Waals surface area (Å²) in [5.74, 6) is -0.0261. The van der Waals surface area contributed by atoms with Crippen molar-refractivity contribution in [3.8, 4) is 10.6 Å². The minimum Gasteiger partial charge on any atom is -0.350 e. The van der Waals surface area contributed by atoms with Crippen molar-refractivity contribution in [1.82, 2.24) is 10.3 Å². The maximum absolute atomic E-state index is 12.6. The van der Waals surface area contributed by atoms with Gasteiger partial charge in [-0.05, 0) is 31.5 Å². The Morgan fingerprint density at radius 1 is 1.12 bits per heavy atom. The Kier molecular flexibility index (Phi) is 7.59. The molecule has 8 heteroatoms. The van der Waals surface area contributed by atoms with Crippen LogP contribution in [0, 0.1) is 0 Å². The van der Waals surface area contributed by atoms with Crippen molar-refractivity contribution in [3.63, 3.8) is 0 Å². The number of nitrogens with zero attached hydrogens (tertiary/aromatic N) is 1. The molecule has 0 fully saturated rings. The Labute approximate surface area is 154 Å². The normalized spacial score (nSPS) is 11.5. The van der Waals surface area contributed by atoms with E-state index in [-0.39, 0.29) is 5.91 Å². The summed E-state index contributed by atoms with van der Waals surface area (Å²) in [6.45, 7) is 0.996. The Bertz CT molecular complexity index is 698. The van der Waals surface area contributed by atoms with Crippen LogP contribution in [0.4, 0.5) is 13.2 Å². The quantitative estimate of drug-likeness (QED) is 0.631. The zero-order chi connectivity index (χ0) is 19.0. The van der Waals surface area contributed by atoms with Crippen molar-refractivity contribution in [2.75, 3.05) is 6.54 Å². The number of halogens is 3. The number of amides is 1. The second-order valence-electron chi connectivity index (χ2n) is 5.95. The molecule has 2 rings (SSSR count). The first-order valence-electron chi connectivity index (χ1n) is 8.49. The highest BCUT2D eigenvalue weighted by Gasteiger charge is 2.30. The van der Waals surface area contributed by atoms with Gasteiger partial charge in [0, 0.05) is 17.4 Å². The Morgan fingerprint density at radius 3 is 2.46 bits per heavy atom. The molecule has 0 saturated carbocycles. The van der Waals surface area contributed by atoms with E-state index < -0.39 is 11.7 Å². The van der Waals surface area contributed by atoms with Crippen molar-refractivity contribution in [3.05, 3.63) is 40.9 Å². The minimum absolute atomic E-state index is 0.0261. The first-order chi connectivity index (χ1) is 12.4. The number of rotatable bonds is 9. The lowest BCUT2D eigenvalue weighted by atomic mass is 10.1. The topological polar surface area (TPSA) is 68.0 Å². The molecule has 0 aliphatic carbocycles. The van der Waals surface area contributed by atoms with E-state index in [9.17, 15) is 18.0 Å². The molecule has 0 radical (unpaired) electrons. The number of carbonyl (C=O) groups is 1. The van der Waals surface area contributed by atoms with Gasteiger partial charge in [0.2, 0.25) is 5.91 Å². The number of benzene rings is 1. The molecule has 0 saturated heterocycles. The van der Waals surface area contributed by atoms with Crippen LogP contribution < -0.4 is 11.1 Å². The molecular formula is C18H22F3N3OS. The summed E-state index contributed by atoms with van der Waals surface area (Å²) in [5, 5.41) is 5.24. The molecule has 0 aliphatic heterocycles. The molecule has 0 atom stereocenters. The van der Waals surface area contributed by atoms with Crippen LogP contribution >= 0.6 is 11.3 Å². The zero-order valence-corrected chi connectivity index (χ0v) is 15.1. The van der Waals surface area contributed by atoms with Crippen molar-refractivity contribution < 1.29 is 18.0 Å². The lowest BCUT2D eigenvalue weighted by molar-refractivity contribution is -0.137. The highest BCUT2D eigenvalue weighted by Crippen LogP contribution is 2.31. The lowest BCUT2D eigenvalue weighted by Gasteiger charge is -2.06. The number of nitrogens with one attached hydrogen (secondary N) is 1. The van der Waals surface area contributed by atoms with E-state index in [0.717, 1.165) is 37.8 Å². The molecule has 0 bridgehead atoms. The van der Waals surface area contributed by atoms with Gasteiger partial charge in [-0.1, -0.05) is 25.0 Å². The zero-order valence-electron chi connectivity index (χ0n) is 14.3. The first kappa shape index (κ1) is 20.4. The molecule has 3 N–H and O–H groups in total. The average molecular weight is 385 g/mol. The molecule has 1 aromatic carbocycles. The van der Waals surface area contributed by atoms with Gasteiger partial charge in [0.1, 0.15) is 5.01 Å². The number of hydrogen-bond acceptors (Lipinski definition) is 4. The van der Waals surface area contributed by atoms with Gasteiger partial charge in [0.25, 0.3) is 0 Å². The summed E-state index contributed by atoms with van der Waals surface area (Å²) in [7, 11) is 0. The number of hydrogen-bond donors (Lipinski definition) is 2. The van der Waals surface area contributed by atoms with Crippen LogP contribution in [0.15, 0.2) is 29.6 Å². The third-order valence-electron chi connectivity index (χ3n) is 3.84. The second-order valence-corrected chi connectivity index (χ2v) is 6.81. The van der Waals surface area contributed by atoms with Crippen molar-refractivity contribution in [2.45, 2.75) is 44.8 Å². The van der Waals surface area contributed by atoms with Crippen LogP contribution in [0.25, 0.3) is 10.6 Å². The molecule has 0 unspecified atom stereocenters. The predicted octanol–water partition coefficient (Wildman–Crippen LogP) is 4.35. The molecular weight excluding hydrogens is 363 g/mol. The molecule has 1 amide bonds. The first-order valence-corrected chi connectivity index (χ1v) is 9.37. The standard InChI is InChI=1S/C18H22F3N3OS/c19-18(20,21)14-8-6-13(7-9-14)17-24-15(12-26-17)11-23-16(25)5-3-1-2-4-10-22/h6-9,12H,1-5,10-11,22H2,(H,23,25). The summed E-state index contributed by atoms with van der Waals surface area (Å²) in [6, 6.07) is 4.91. The van der Waals surface area contributed by atoms with Crippen LogP contribution in [0.3, 0.4) is 0 Å². The van der Waals surface area contributed by atoms with Gasteiger partial charge in [-0.25, -0.2) is 4.98 Å². The molecule has 4 nitrogen and oxygen atoms in total. The molecule has 1 aromatic heterocycles. The lowest BCUT2D eigenvalue weighted by Crippen LogP contribution is -2.22. The Hall–Kier alpha value is -1.93. The number of unbranched alkanes of at least 4 members (excludes halogenated alkanes) is 3.